The molecule has 25 heavy (non-hydrogen) atoms. The zero-order valence-corrected chi connectivity index (χ0v) is 16.6. The molecule has 0 bridgehead atoms. The maximum Gasteiger partial charge on any atom is 0.116 e. The van der Waals surface area contributed by atoms with Gasteiger partial charge in [-0.15, -0.1) is 0 Å². The van der Waals surface area contributed by atoms with Gasteiger partial charge < -0.3 is 4.74 Å². The molecule has 0 saturated carbocycles. The van der Waals surface area contributed by atoms with Crippen LogP contribution in [0.1, 0.15) is 49.3 Å². The van der Waals surface area contributed by atoms with E-state index < -0.39 is 0 Å². The Morgan fingerprint density at radius 2 is 1.96 bits per heavy atom. The molecule has 1 aliphatic heterocycles. The van der Waals surface area contributed by atoms with Crippen LogP contribution in [0.2, 0.25) is 0 Å². The molecule has 4 rings (SSSR count). The van der Waals surface area contributed by atoms with E-state index in [-0.39, 0.29) is 5.72 Å². The number of aryl methyl sites for hydroxylation is 1. The topological polar surface area (TPSA) is 12.5 Å². The minimum absolute atomic E-state index is 0.218. The summed E-state index contributed by atoms with van der Waals surface area (Å²) in [5.41, 5.74) is 4.18. The lowest BCUT2D eigenvalue weighted by molar-refractivity contribution is -0.0588. The second-order valence-electron chi connectivity index (χ2n) is 7.78. The van der Waals surface area contributed by atoms with Crippen LogP contribution in [0.4, 0.5) is 0 Å². The largest absolute Gasteiger partial charge is 0.359 e. The molecule has 2 aromatic carbocycles. The Morgan fingerprint density at radius 1 is 1.16 bits per heavy atom. The van der Waals surface area contributed by atoms with E-state index in [9.17, 15) is 0 Å². The summed E-state index contributed by atoms with van der Waals surface area (Å²) >= 11 is 3.67. The zero-order valence-electron chi connectivity index (χ0n) is 15.0. The number of ether oxygens (including phenoxy) is 1. The van der Waals surface area contributed by atoms with Gasteiger partial charge in [-0.3, -0.25) is 4.90 Å². The number of hydrogen-bond donors (Lipinski definition) is 0. The fourth-order valence-electron chi connectivity index (χ4n) is 4.49. The number of halogens is 1. The van der Waals surface area contributed by atoms with E-state index in [2.05, 4.69) is 83.2 Å². The molecule has 1 saturated heterocycles. The average Bonchev–Trinajstić information content (AvgIpc) is 2.90. The Kier molecular flexibility index (Phi) is 4.74. The summed E-state index contributed by atoms with van der Waals surface area (Å²) in [6.07, 6.45) is 3.73. The first-order valence-corrected chi connectivity index (χ1v) is 10.1. The van der Waals surface area contributed by atoms with E-state index >= 15 is 0 Å². The van der Waals surface area contributed by atoms with Crippen LogP contribution in [0.5, 0.6) is 0 Å². The molecule has 0 amide bonds. The molecule has 0 N–H and O–H groups in total. The summed E-state index contributed by atoms with van der Waals surface area (Å²) in [5.74, 6) is 0.548. The lowest BCUT2D eigenvalue weighted by Crippen LogP contribution is -2.46. The van der Waals surface area contributed by atoms with Crippen molar-refractivity contribution in [1.29, 1.82) is 0 Å². The van der Waals surface area contributed by atoms with Crippen molar-refractivity contribution in [2.45, 2.75) is 57.3 Å². The van der Waals surface area contributed by atoms with Gasteiger partial charge in [0.25, 0.3) is 0 Å². The van der Waals surface area contributed by atoms with Gasteiger partial charge in [-0.1, -0.05) is 52.3 Å². The summed E-state index contributed by atoms with van der Waals surface area (Å²) in [6.45, 7) is 6.18. The number of benzene rings is 2. The highest BCUT2D eigenvalue weighted by Crippen LogP contribution is 2.42. The third-order valence-corrected chi connectivity index (χ3v) is 6.32. The Hall–Kier alpha value is -1.16. The van der Waals surface area contributed by atoms with E-state index in [0.717, 1.165) is 13.2 Å². The van der Waals surface area contributed by atoms with Crippen molar-refractivity contribution >= 4 is 15.9 Å². The maximum atomic E-state index is 6.25. The smallest absolute Gasteiger partial charge is 0.116 e. The lowest BCUT2D eigenvalue weighted by Gasteiger charge is -2.39. The normalized spacial score (nSPS) is 25.7. The molecule has 2 aliphatic rings. The standard InChI is InChI=1S/C22H26BrNO/c1-22(2)24(14-16-7-4-3-5-8-16)21(15-25-22)19-10-6-9-17-11-12-18(23)13-20(17)19/h3-5,7-8,11-13,19,21H,6,9-10,14-15H2,1-2H3. The van der Waals surface area contributed by atoms with Gasteiger partial charge >= 0.3 is 0 Å². The van der Waals surface area contributed by atoms with Crippen molar-refractivity contribution in [3.05, 3.63) is 69.7 Å². The number of fused-ring (bicyclic) bond motifs is 1. The van der Waals surface area contributed by atoms with E-state index in [1.54, 1.807) is 0 Å². The molecule has 1 fully saturated rings. The first-order chi connectivity index (χ1) is 12.0. The molecule has 132 valence electrons. The van der Waals surface area contributed by atoms with Gasteiger partial charge in [-0.05, 0) is 61.9 Å². The van der Waals surface area contributed by atoms with Crippen molar-refractivity contribution in [1.82, 2.24) is 4.90 Å². The van der Waals surface area contributed by atoms with Crippen molar-refractivity contribution in [3.8, 4) is 0 Å². The predicted molar refractivity (Wildman–Crippen MR) is 106 cm³/mol. The molecule has 0 radical (unpaired) electrons. The van der Waals surface area contributed by atoms with E-state index in [1.807, 2.05) is 0 Å². The molecule has 1 heterocycles. The van der Waals surface area contributed by atoms with Gasteiger partial charge in [0.05, 0.1) is 6.61 Å². The Labute approximate surface area is 159 Å². The highest BCUT2D eigenvalue weighted by Gasteiger charge is 2.45. The van der Waals surface area contributed by atoms with Gasteiger partial charge in [-0.25, -0.2) is 0 Å². The van der Waals surface area contributed by atoms with Crippen molar-refractivity contribution in [2.75, 3.05) is 6.61 Å². The molecule has 1 aliphatic carbocycles. The van der Waals surface area contributed by atoms with Gasteiger partial charge in [0.15, 0.2) is 0 Å². The van der Waals surface area contributed by atoms with Crippen LogP contribution in [-0.4, -0.2) is 23.3 Å². The molecule has 2 aromatic rings. The fourth-order valence-corrected chi connectivity index (χ4v) is 4.87. The second kappa shape index (κ2) is 6.86. The summed E-state index contributed by atoms with van der Waals surface area (Å²) in [6, 6.07) is 18.0. The highest BCUT2D eigenvalue weighted by molar-refractivity contribution is 9.10. The molecule has 0 aromatic heterocycles. The van der Waals surface area contributed by atoms with Crippen molar-refractivity contribution < 1.29 is 4.74 Å². The van der Waals surface area contributed by atoms with Gasteiger partial charge in [0.1, 0.15) is 5.72 Å². The summed E-state index contributed by atoms with van der Waals surface area (Å²) in [7, 11) is 0. The van der Waals surface area contributed by atoms with E-state index in [1.165, 1.54) is 40.4 Å². The van der Waals surface area contributed by atoms with Crippen LogP contribution in [0, 0.1) is 0 Å². The summed E-state index contributed by atoms with van der Waals surface area (Å²) in [5, 5.41) is 0. The lowest BCUT2D eigenvalue weighted by atomic mass is 9.78. The van der Waals surface area contributed by atoms with E-state index in [4.69, 9.17) is 4.74 Å². The minimum Gasteiger partial charge on any atom is -0.359 e. The zero-order chi connectivity index (χ0) is 17.4. The Balaban J connectivity index is 1.66. The quantitative estimate of drug-likeness (QED) is 0.674. The van der Waals surface area contributed by atoms with Crippen LogP contribution in [0.25, 0.3) is 0 Å². The van der Waals surface area contributed by atoms with E-state index in [0.29, 0.717) is 12.0 Å². The SMILES string of the molecule is CC1(C)OCC(C2CCCc3ccc(Br)cc32)N1Cc1ccccc1. The molecular weight excluding hydrogens is 374 g/mol. The van der Waals surface area contributed by atoms with Crippen LogP contribution in [0.15, 0.2) is 53.0 Å². The van der Waals surface area contributed by atoms with Crippen LogP contribution in [0.3, 0.4) is 0 Å². The van der Waals surface area contributed by atoms with Crippen LogP contribution < -0.4 is 0 Å². The minimum atomic E-state index is -0.218. The molecular formula is C22H26BrNO. The predicted octanol–water partition coefficient (Wildman–Crippen LogP) is 5.51. The fraction of sp³-hybridized carbons (Fsp3) is 0.455. The summed E-state index contributed by atoms with van der Waals surface area (Å²) < 4.78 is 7.44. The first kappa shape index (κ1) is 17.3. The summed E-state index contributed by atoms with van der Waals surface area (Å²) in [4.78, 5) is 2.57. The molecule has 2 unspecified atom stereocenters. The van der Waals surface area contributed by atoms with Crippen molar-refractivity contribution in [2.24, 2.45) is 0 Å². The first-order valence-electron chi connectivity index (χ1n) is 9.27. The third-order valence-electron chi connectivity index (χ3n) is 5.83. The highest BCUT2D eigenvalue weighted by atomic mass is 79.9. The third kappa shape index (κ3) is 3.42. The second-order valence-corrected chi connectivity index (χ2v) is 8.70. The molecule has 3 heteroatoms. The molecule has 0 spiro atoms. The number of rotatable bonds is 3. The van der Waals surface area contributed by atoms with Crippen LogP contribution >= 0.6 is 15.9 Å². The van der Waals surface area contributed by atoms with Gasteiger partial charge in [0.2, 0.25) is 0 Å². The number of nitrogens with zero attached hydrogens (tertiary/aromatic N) is 1. The maximum absolute atomic E-state index is 6.25. The van der Waals surface area contributed by atoms with Crippen LogP contribution in [-0.2, 0) is 17.7 Å². The monoisotopic (exact) mass is 399 g/mol. The molecule has 2 atom stereocenters. The van der Waals surface area contributed by atoms with Gasteiger partial charge in [0, 0.05) is 23.0 Å². The average molecular weight is 400 g/mol. The van der Waals surface area contributed by atoms with Crippen molar-refractivity contribution in [3.63, 3.8) is 0 Å². The Morgan fingerprint density at radius 3 is 2.76 bits per heavy atom. The Bertz CT molecular complexity index is 743. The van der Waals surface area contributed by atoms with Gasteiger partial charge in [-0.2, -0.15) is 0 Å². The molecule has 2 nitrogen and oxygen atoms in total. The number of hydrogen-bond acceptors (Lipinski definition) is 2.